The van der Waals surface area contributed by atoms with E-state index in [1.54, 1.807) is 19.1 Å². The Kier molecular flexibility index (Phi) is 4.97. The van der Waals surface area contributed by atoms with Crippen molar-refractivity contribution in [2.45, 2.75) is 13.5 Å². The third-order valence-electron chi connectivity index (χ3n) is 4.45. The number of aromatic nitrogens is 2. The molecule has 0 aliphatic heterocycles. The van der Waals surface area contributed by atoms with Crippen LogP contribution in [0.15, 0.2) is 78.9 Å². The van der Waals surface area contributed by atoms with Gasteiger partial charge in [-0.25, -0.2) is 4.98 Å². The molecule has 0 bridgehead atoms. The molecule has 5 heteroatoms. The highest BCUT2D eigenvalue weighted by atomic mass is 16.1. The van der Waals surface area contributed by atoms with E-state index in [1.165, 1.54) is 5.56 Å². The number of carbonyl (C=O) groups excluding carboxylic acids is 1. The fraction of sp³-hybridized carbons (Fsp3) is 0.0870. The van der Waals surface area contributed by atoms with Crippen molar-refractivity contribution in [1.29, 1.82) is 0 Å². The van der Waals surface area contributed by atoms with Crippen LogP contribution in [0.4, 0.5) is 17.5 Å². The molecule has 1 heterocycles. The number of Topliss-reactive ketones (excluding diaryl/α,β-unsaturated/α-hetero) is 1. The summed E-state index contributed by atoms with van der Waals surface area (Å²) < 4.78 is 0. The molecule has 4 rings (SSSR count). The van der Waals surface area contributed by atoms with Crippen molar-refractivity contribution in [3.63, 3.8) is 0 Å². The largest absolute Gasteiger partial charge is 0.365 e. The van der Waals surface area contributed by atoms with Crippen LogP contribution in [-0.4, -0.2) is 15.8 Å². The van der Waals surface area contributed by atoms with Gasteiger partial charge in [-0.15, -0.1) is 0 Å². The van der Waals surface area contributed by atoms with Gasteiger partial charge in [0.15, 0.2) is 5.78 Å². The highest BCUT2D eigenvalue weighted by Crippen LogP contribution is 2.24. The molecule has 138 valence electrons. The van der Waals surface area contributed by atoms with E-state index in [9.17, 15) is 4.79 Å². The highest BCUT2D eigenvalue weighted by molar-refractivity contribution is 5.94. The molecule has 3 aromatic carbocycles. The molecule has 0 amide bonds. The van der Waals surface area contributed by atoms with Crippen LogP contribution >= 0.6 is 0 Å². The Morgan fingerprint density at radius 3 is 2.32 bits per heavy atom. The van der Waals surface area contributed by atoms with Gasteiger partial charge in [0.25, 0.3) is 0 Å². The molecule has 1 aromatic heterocycles. The number of rotatable bonds is 6. The minimum absolute atomic E-state index is 0.0425. The zero-order valence-electron chi connectivity index (χ0n) is 15.5. The first kappa shape index (κ1) is 17.7. The molecule has 0 unspecified atom stereocenters. The van der Waals surface area contributed by atoms with E-state index < -0.39 is 0 Å². The van der Waals surface area contributed by atoms with E-state index in [0.717, 1.165) is 22.4 Å². The molecule has 0 radical (unpaired) electrons. The molecule has 0 spiro atoms. The number of nitrogens with zero attached hydrogens (tertiary/aromatic N) is 2. The Labute approximate surface area is 163 Å². The summed E-state index contributed by atoms with van der Waals surface area (Å²) in [5, 5.41) is 7.61. The van der Waals surface area contributed by atoms with Crippen LogP contribution in [0.3, 0.4) is 0 Å². The number of para-hydroxylation sites is 1. The Hall–Kier alpha value is -3.73. The monoisotopic (exact) mass is 368 g/mol. The van der Waals surface area contributed by atoms with Crippen molar-refractivity contribution in [1.82, 2.24) is 9.97 Å². The van der Waals surface area contributed by atoms with E-state index in [2.05, 4.69) is 32.7 Å². The molecule has 0 aliphatic rings. The summed E-state index contributed by atoms with van der Waals surface area (Å²) in [6, 6.07) is 25.4. The van der Waals surface area contributed by atoms with Crippen molar-refractivity contribution >= 4 is 34.1 Å². The normalized spacial score (nSPS) is 10.6. The van der Waals surface area contributed by atoms with Crippen LogP contribution < -0.4 is 10.6 Å². The van der Waals surface area contributed by atoms with Crippen molar-refractivity contribution in [3.8, 4) is 0 Å². The number of fused-ring (bicyclic) bond motifs is 1. The third-order valence-corrected chi connectivity index (χ3v) is 4.45. The lowest BCUT2D eigenvalue weighted by atomic mass is 10.1. The maximum atomic E-state index is 11.4. The van der Waals surface area contributed by atoms with Crippen LogP contribution in [0, 0.1) is 0 Å². The van der Waals surface area contributed by atoms with Gasteiger partial charge in [0.05, 0.1) is 5.52 Å². The van der Waals surface area contributed by atoms with Gasteiger partial charge in [-0.1, -0.05) is 42.5 Å². The van der Waals surface area contributed by atoms with Gasteiger partial charge >= 0.3 is 0 Å². The standard InChI is InChI=1S/C23H20N4O/c1-16(28)18-11-13-19(14-12-18)25-23-26-21-10-6-5-9-20(21)22(27-23)24-15-17-7-3-2-4-8-17/h2-14H,15H2,1H3,(H2,24,25,26,27). The molecular formula is C23H20N4O. The Morgan fingerprint density at radius 2 is 1.57 bits per heavy atom. The molecule has 0 fully saturated rings. The lowest BCUT2D eigenvalue weighted by molar-refractivity contribution is 0.101. The quantitative estimate of drug-likeness (QED) is 0.459. The molecule has 0 saturated heterocycles. The van der Waals surface area contributed by atoms with E-state index in [0.29, 0.717) is 18.1 Å². The van der Waals surface area contributed by atoms with Gasteiger partial charge < -0.3 is 10.6 Å². The summed E-state index contributed by atoms with van der Waals surface area (Å²) in [7, 11) is 0. The van der Waals surface area contributed by atoms with E-state index in [4.69, 9.17) is 0 Å². The van der Waals surface area contributed by atoms with E-state index >= 15 is 0 Å². The zero-order valence-corrected chi connectivity index (χ0v) is 15.5. The maximum absolute atomic E-state index is 11.4. The molecule has 0 aliphatic carbocycles. The van der Waals surface area contributed by atoms with Gasteiger partial charge in [0.1, 0.15) is 5.82 Å². The smallest absolute Gasteiger partial charge is 0.229 e. The van der Waals surface area contributed by atoms with Crippen molar-refractivity contribution < 1.29 is 4.79 Å². The van der Waals surface area contributed by atoms with Gasteiger partial charge in [-0.2, -0.15) is 4.98 Å². The topological polar surface area (TPSA) is 66.9 Å². The lowest BCUT2D eigenvalue weighted by Crippen LogP contribution is -2.05. The number of hydrogen-bond acceptors (Lipinski definition) is 5. The zero-order chi connectivity index (χ0) is 19.3. The molecule has 4 aromatic rings. The average Bonchev–Trinajstić information content (AvgIpc) is 2.73. The first-order valence-electron chi connectivity index (χ1n) is 9.12. The second-order valence-corrected chi connectivity index (χ2v) is 6.51. The second kappa shape index (κ2) is 7.88. The number of nitrogens with one attached hydrogen (secondary N) is 2. The van der Waals surface area contributed by atoms with Crippen LogP contribution in [0.1, 0.15) is 22.8 Å². The van der Waals surface area contributed by atoms with Crippen LogP contribution in [0.2, 0.25) is 0 Å². The van der Waals surface area contributed by atoms with Gasteiger partial charge in [0.2, 0.25) is 5.95 Å². The minimum atomic E-state index is 0.0425. The first-order chi connectivity index (χ1) is 13.7. The first-order valence-corrected chi connectivity index (χ1v) is 9.12. The summed E-state index contributed by atoms with van der Waals surface area (Å²) in [4.78, 5) is 20.7. The van der Waals surface area contributed by atoms with Crippen LogP contribution in [0.25, 0.3) is 10.9 Å². The van der Waals surface area contributed by atoms with Crippen LogP contribution in [0.5, 0.6) is 0 Å². The molecular weight excluding hydrogens is 348 g/mol. The molecule has 0 saturated carbocycles. The van der Waals surface area contributed by atoms with E-state index in [-0.39, 0.29) is 5.78 Å². The summed E-state index contributed by atoms with van der Waals surface area (Å²) in [6.45, 7) is 2.23. The SMILES string of the molecule is CC(=O)c1ccc(Nc2nc(NCc3ccccc3)c3ccccc3n2)cc1. The Balaban J connectivity index is 1.62. The van der Waals surface area contributed by atoms with Crippen molar-refractivity contribution in [2.24, 2.45) is 0 Å². The van der Waals surface area contributed by atoms with Gasteiger partial charge in [-0.05, 0) is 48.9 Å². The van der Waals surface area contributed by atoms with Gasteiger partial charge in [0, 0.05) is 23.2 Å². The van der Waals surface area contributed by atoms with Crippen molar-refractivity contribution in [2.75, 3.05) is 10.6 Å². The highest BCUT2D eigenvalue weighted by Gasteiger charge is 2.08. The summed E-state index contributed by atoms with van der Waals surface area (Å²) in [5.74, 6) is 1.32. The third kappa shape index (κ3) is 3.99. The predicted octanol–water partition coefficient (Wildman–Crippen LogP) is 5.19. The lowest BCUT2D eigenvalue weighted by Gasteiger charge is -2.12. The predicted molar refractivity (Wildman–Crippen MR) is 113 cm³/mol. The summed E-state index contributed by atoms with van der Waals surface area (Å²) in [5.41, 5.74) is 3.54. The summed E-state index contributed by atoms with van der Waals surface area (Å²) >= 11 is 0. The fourth-order valence-corrected chi connectivity index (χ4v) is 2.97. The van der Waals surface area contributed by atoms with E-state index in [1.807, 2.05) is 54.6 Å². The molecule has 2 N–H and O–H groups in total. The Bertz CT molecular complexity index is 1110. The fourth-order valence-electron chi connectivity index (χ4n) is 2.97. The number of carbonyl (C=O) groups is 1. The van der Waals surface area contributed by atoms with Crippen LogP contribution in [-0.2, 0) is 6.54 Å². The molecule has 28 heavy (non-hydrogen) atoms. The Morgan fingerprint density at radius 1 is 0.857 bits per heavy atom. The van der Waals surface area contributed by atoms with Gasteiger partial charge in [-0.3, -0.25) is 4.79 Å². The minimum Gasteiger partial charge on any atom is -0.365 e. The maximum Gasteiger partial charge on any atom is 0.229 e. The molecule has 0 atom stereocenters. The number of anilines is 3. The number of hydrogen-bond donors (Lipinski definition) is 2. The summed E-state index contributed by atoms with van der Waals surface area (Å²) in [6.07, 6.45) is 0. The molecule has 5 nitrogen and oxygen atoms in total. The van der Waals surface area contributed by atoms with Crippen molar-refractivity contribution in [3.05, 3.63) is 90.0 Å². The average molecular weight is 368 g/mol. The number of benzene rings is 3. The second-order valence-electron chi connectivity index (χ2n) is 6.51. The number of ketones is 1.